The SMILES string of the molecule is Brc1cc(-c2cccc(-c3ccccc3)c2)cc(-c2ccc3sc4c5ccccc5ccc4c3c2)c1.Brc1ccc(-c2cccc(-c3ccc4sc5c6ccccc6ccc5c4c3)c2)cc1.Brc1ccc(-c2cccc(-c3cccc4c3sc3cc5ccccc5cc34)c2)cc1. The van der Waals surface area contributed by atoms with Gasteiger partial charge >= 0.3 is 0 Å². The van der Waals surface area contributed by atoms with Gasteiger partial charge in [-0.15, -0.1) is 34.0 Å². The van der Waals surface area contributed by atoms with Crippen molar-refractivity contribution in [1.82, 2.24) is 0 Å². The summed E-state index contributed by atoms with van der Waals surface area (Å²) in [5, 5.41) is 15.9. The second-order valence-corrected chi connectivity index (χ2v) is 30.2. The zero-order valence-corrected chi connectivity index (χ0v) is 58.8. The van der Waals surface area contributed by atoms with E-state index in [-0.39, 0.29) is 0 Å². The van der Waals surface area contributed by atoms with Crippen molar-refractivity contribution in [2.24, 2.45) is 0 Å². The Morgan fingerprint density at radius 3 is 1.07 bits per heavy atom. The molecule has 0 aliphatic heterocycles. The predicted octanol–water partition coefficient (Wildman–Crippen LogP) is 29.6. The highest BCUT2D eigenvalue weighted by Crippen LogP contribution is 2.45. The third kappa shape index (κ3) is 11.8. The van der Waals surface area contributed by atoms with E-state index in [2.05, 4.69) is 381 Å². The van der Waals surface area contributed by atoms with Crippen LogP contribution in [0.2, 0.25) is 0 Å². The summed E-state index contributed by atoms with van der Waals surface area (Å²) in [5.74, 6) is 0. The van der Waals surface area contributed by atoms with Crippen molar-refractivity contribution in [3.63, 3.8) is 0 Å². The summed E-state index contributed by atoms with van der Waals surface area (Å²) < 4.78 is 11.4. The Morgan fingerprint density at radius 1 is 0.167 bits per heavy atom. The fourth-order valence-corrected chi connectivity index (χ4v) is 18.3. The molecule has 3 aromatic heterocycles. The summed E-state index contributed by atoms with van der Waals surface area (Å²) in [6.07, 6.45) is 0. The van der Waals surface area contributed by atoms with Crippen LogP contribution in [-0.2, 0) is 0 Å². The maximum absolute atomic E-state index is 3.78. The molecule has 96 heavy (non-hydrogen) atoms. The van der Waals surface area contributed by atoms with Crippen LogP contribution >= 0.6 is 81.8 Å². The van der Waals surface area contributed by atoms with E-state index in [1.165, 1.54) is 171 Å². The molecule has 0 bridgehead atoms. The van der Waals surface area contributed by atoms with Gasteiger partial charge in [0.1, 0.15) is 0 Å². The van der Waals surface area contributed by atoms with Gasteiger partial charge in [0.2, 0.25) is 0 Å². The van der Waals surface area contributed by atoms with Crippen LogP contribution in [0.4, 0.5) is 0 Å². The van der Waals surface area contributed by atoms with Crippen LogP contribution in [0.15, 0.2) is 347 Å². The van der Waals surface area contributed by atoms with Crippen molar-refractivity contribution >= 4 is 175 Å². The van der Waals surface area contributed by atoms with Crippen LogP contribution in [0.1, 0.15) is 0 Å². The standard InChI is InChI=1S/C34H21BrS.2C28H17BrS/c35-29-19-27(25-11-6-10-24(17-25)22-7-2-1-3-8-22)18-28(20-29)26-14-16-33-32(21-26)31-15-13-23-9-4-5-12-30(23)34(31)36-33;29-23-13-11-18(12-14-23)19-7-3-8-22(15-19)24-9-4-10-25-26-16-20-5-1-2-6-21(20)17-27(26)30-28(24)25;29-23-12-8-18(9-13-23)20-5-3-6-21(16-20)22-11-15-27-26(17-22)25-14-10-19-4-1-2-7-24(19)28(25)30-27/h1-21H;2*1-17H. The third-order valence-electron chi connectivity index (χ3n) is 18.3. The molecule has 6 heteroatoms. The number of fused-ring (bicyclic) bond motifs is 14. The van der Waals surface area contributed by atoms with Gasteiger partial charge in [-0.05, 0) is 207 Å². The molecule has 0 nitrogen and oxygen atoms in total. The van der Waals surface area contributed by atoms with Crippen molar-refractivity contribution in [2.75, 3.05) is 0 Å². The summed E-state index contributed by atoms with van der Waals surface area (Å²) in [4.78, 5) is 0. The zero-order chi connectivity index (χ0) is 64.2. The molecule has 0 aliphatic carbocycles. The normalized spacial score (nSPS) is 11.5. The van der Waals surface area contributed by atoms with Crippen molar-refractivity contribution in [3.05, 3.63) is 347 Å². The van der Waals surface area contributed by atoms with Gasteiger partial charge in [0, 0.05) is 73.9 Å². The molecule has 0 saturated carbocycles. The molecule has 16 aromatic carbocycles. The Balaban J connectivity index is 0.000000110. The van der Waals surface area contributed by atoms with Crippen LogP contribution in [0.25, 0.3) is 171 Å². The molecular weight excluding hydrogens is 1420 g/mol. The number of halogens is 3. The number of rotatable bonds is 7. The van der Waals surface area contributed by atoms with E-state index in [0.717, 1.165) is 13.4 Å². The minimum Gasteiger partial charge on any atom is -0.135 e. The third-order valence-corrected chi connectivity index (χ3v) is 23.5. The molecule has 0 saturated heterocycles. The molecule has 0 spiro atoms. The van der Waals surface area contributed by atoms with Crippen molar-refractivity contribution < 1.29 is 0 Å². The van der Waals surface area contributed by atoms with E-state index in [1.807, 2.05) is 34.0 Å². The Labute approximate surface area is 594 Å². The molecule has 0 unspecified atom stereocenters. The lowest BCUT2D eigenvalue weighted by Gasteiger charge is -2.10. The van der Waals surface area contributed by atoms with Gasteiger partial charge in [-0.25, -0.2) is 0 Å². The number of benzene rings is 16. The van der Waals surface area contributed by atoms with Gasteiger partial charge in [-0.2, -0.15) is 0 Å². The summed E-state index contributed by atoms with van der Waals surface area (Å²) in [6.45, 7) is 0. The quantitative estimate of drug-likeness (QED) is 0.149. The smallest absolute Gasteiger partial charge is 0.0433 e. The molecule has 0 N–H and O–H groups in total. The first kappa shape index (κ1) is 60.1. The van der Waals surface area contributed by atoms with Crippen LogP contribution in [0, 0.1) is 0 Å². The Hall–Kier alpha value is -9.60. The van der Waals surface area contributed by atoms with E-state index >= 15 is 0 Å². The van der Waals surface area contributed by atoms with Crippen LogP contribution in [0.5, 0.6) is 0 Å². The Bertz CT molecular complexity index is 6180. The first-order valence-corrected chi connectivity index (χ1v) is 36.8. The van der Waals surface area contributed by atoms with Crippen molar-refractivity contribution in [2.45, 2.75) is 0 Å². The van der Waals surface area contributed by atoms with Gasteiger partial charge in [-0.1, -0.05) is 284 Å². The Kier molecular flexibility index (Phi) is 16.2. The highest BCUT2D eigenvalue weighted by molar-refractivity contribution is 9.11. The predicted molar refractivity (Wildman–Crippen MR) is 432 cm³/mol. The maximum atomic E-state index is 3.78. The van der Waals surface area contributed by atoms with Gasteiger partial charge in [0.05, 0.1) is 0 Å². The fourth-order valence-electron chi connectivity index (χ4n) is 13.5. The van der Waals surface area contributed by atoms with Gasteiger partial charge < -0.3 is 0 Å². The van der Waals surface area contributed by atoms with E-state index in [0.29, 0.717) is 0 Å². The van der Waals surface area contributed by atoms with Gasteiger partial charge in [-0.3, -0.25) is 0 Å². The second-order valence-electron chi connectivity index (χ2n) is 24.3. The van der Waals surface area contributed by atoms with Crippen LogP contribution in [0.3, 0.4) is 0 Å². The monoisotopic (exact) mass is 1470 g/mol. The topological polar surface area (TPSA) is 0 Å². The molecule has 0 fully saturated rings. The molecule has 19 rings (SSSR count). The number of hydrogen-bond acceptors (Lipinski definition) is 3. The van der Waals surface area contributed by atoms with Crippen molar-refractivity contribution in [1.29, 1.82) is 0 Å². The van der Waals surface area contributed by atoms with E-state index in [1.54, 1.807) is 0 Å². The summed E-state index contributed by atoms with van der Waals surface area (Å²) in [7, 11) is 0. The second kappa shape index (κ2) is 25.9. The molecule has 3 heterocycles. The summed E-state index contributed by atoms with van der Waals surface area (Å²) in [5.41, 5.74) is 17.3. The number of hydrogen-bond donors (Lipinski definition) is 0. The zero-order valence-electron chi connectivity index (χ0n) is 51.6. The summed E-state index contributed by atoms with van der Waals surface area (Å²) >= 11 is 16.5. The molecule has 0 aliphatic rings. The van der Waals surface area contributed by atoms with Gasteiger partial charge in [0.15, 0.2) is 0 Å². The lowest BCUT2D eigenvalue weighted by Crippen LogP contribution is -1.84. The van der Waals surface area contributed by atoms with Crippen LogP contribution in [-0.4, -0.2) is 0 Å². The van der Waals surface area contributed by atoms with E-state index in [4.69, 9.17) is 0 Å². The van der Waals surface area contributed by atoms with E-state index in [9.17, 15) is 0 Å². The average Bonchev–Trinajstić information content (AvgIpc) is 1.61. The molecular formula is C90H55Br3S3. The molecule has 454 valence electrons. The fraction of sp³-hybridized carbons (Fsp3) is 0. The molecule has 19 aromatic rings. The highest BCUT2D eigenvalue weighted by atomic mass is 79.9. The lowest BCUT2D eigenvalue weighted by molar-refractivity contribution is 1.56. The highest BCUT2D eigenvalue weighted by Gasteiger charge is 2.16. The van der Waals surface area contributed by atoms with Crippen molar-refractivity contribution in [3.8, 4) is 77.9 Å². The first-order valence-electron chi connectivity index (χ1n) is 32.0. The minimum atomic E-state index is 1.08. The molecule has 0 amide bonds. The average molecular weight is 1470 g/mol. The largest absolute Gasteiger partial charge is 0.135 e. The lowest BCUT2D eigenvalue weighted by atomic mass is 9.95. The van der Waals surface area contributed by atoms with E-state index < -0.39 is 0 Å². The Morgan fingerprint density at radius 2 is 0.521 bits per heavy atom. The molecule has 0 atom stereocenters. The van der Waals surface area contributed by atoms with Crippen LogP contribution < -0.4 is 0 Å². The minimum absolute atomic E-state index is 1.08. The number of thiophene rings is 3. The summed E-state index contributed by atoms with van der Waals surface area (Å²) in [6, 6.07) is 121. The first-order chi connectivity index (χ1) is 47.2. The molecule has 0 radical (unpaired) electrons. The maximum Gasteiger partial charge on any atom is 0.0433 e. The van der Waals surface area contributed by atoms with Gasteiger partial charge in [0.25, 0.3) is 0 Å².